The maximum absolute atomic E-state index is 13.1. The van der Waals surface area contributed by atoms with Crippen molar-refractivity contribution in [2.24, 2.45) is 0 Å². The minimum atomic E-state index is -1.02. The van der Waals surface area contributed by atoms with Crippen molar-refractivity contribution >= 4 is 29.0 Å². The van der Waals surface area contributed by atoms with Gasteiger partial charge in [0.1, 0.15) is 5.52 Å². The van der Waals surface area contributed by atoms with Crippen molar-refractivity contribution in [1.29, 1.82) is 0 Å². The van der Waals surface area contributed by atoms with Crippen molar-refractivity contribution < 1.29 is 19.1 Å². The van der Waals surface area contributed by atoms with E-state index in [-0.39, 0.29) is 24.2 Å². The SMILES string of the molecule is O=C(O)CC[C@H](NC(=O)c1ccc(F)nc1)c1nc(Nc2cc(C3CC3)[nH]n2)c2cccn2n1. The molecule has 0 bridgehead atoms. The van der Waals surface area contributed by atoms with Crippen LogP contribution in [0.1, 0.15) is 59.5 Å². The monoisotopic (exact) mass is 464 g/mol. The lowest BCUT2D eigenvalue weighted by Crippen LogP contribution is -2.31. The Bertz CT molecular complexity index is 1350. The first kappa shape index (κ1) is 21.5. The molecule has 0 aliphatic heterocycles. The average molecular weight is 464 g/mol. The maximum Gasteiger partial charge on any atom is 0.303 e. The first-order chi connectivity index (χ1) is 16.5. The molecule has 0 spiro atoms. The molecule has 1 fully saturated rings. The third-order valence-electron chi connectivity index (χ3n) is 5.52. The molecular weight excluding hydrogens is 443 g/mol. The van der Waals surface area contributed by atoms with Gasteiger partial charge in [0.2, 0.25) is 5.95 Å². The summed E-state index contributed by atoms with van der Waals surface area (Å²) in [5, 5.41) is 26.9. The normalized spacial score (nSPS) is 14.1. The van der Waals surface area contributed by atoms with Crippen LogP contribution in [-0.4, -0.2) is 46.8 Å². The number of carbonyl (C=O) groups excluding carboxylic acids is 1. The van der Waals surface area contributed by atoms with Gasteiger partial charge in [-0.3, -0.25) is 14.7 Å². The maximum atomic E-state index is 13.1. The highest BCUT2D eigenvalue weighted by Crippen LogP contribution is 2.39. The number of carboxylic acids is 1. The summed E-state index contributed by atoms with van der Waals surface area (Å²) >= 11 is 0. The molecule has 34 heavy (non-hydrogen) atoms. The van der Waals surface area contributed by atoms with E-state index in [0.717, 1.165) is 30.8 Å². The summed E-state index contributed by atoms with van der Waals surface area (Å²) in [4.78, 5) is 32.1. The van der Waals surface area contributed by atoms with Gasteiger partial charge in [0, 0.05) is 36.5 Å². The van der Waals surface area contributed by atoms with Crippen LogP contribution in [0.15, 0.2) is 42.7 Å². The number of pyridine rings is 1. The van der Waals surface area contributed by atoms with E-state index in [2.05, 4.69) is 35.9 Å². The van der Waals surface area contributed by atoms with Gasteiger partial charge in [0.15, 0.2) is 17.5 Å². The van der Waals surface area contributed by atoms with Crippen LogP contribution < -0.4 is 10.6 Å². The molecule has 1 atom stereocenters. The fraction of sp³-hybridized carbons (Fsp3) is 0.273. The van der Waals surface area contributed by atoms with Gasteiger partial charge in [0.05, 0.1) is 11.6 Å². The number of nitrogens with one attached hydrogen (secondary N) is 3. The van der Waals surface area contributed by atoms with E-state index < -0.39 is 23.9 Å². The summed E-state index contributed by atoms with van der Waals surface area (Å²) in [5.74, 6) is -0.496. The quantitative estimate of drug-likeness (QED) is 0.276. The summed E-state index contributed by atoms with van der Waals surface area (Å²) in [7, 11) is 0. The second-order valence-corrected chi connectivity index (χ2v) is 8.09. The Morgan fingerprint density at radius 2 is 2.15 bits per heavy atom. The summed E-state index contributed by atoms with van der Waals surface area (Å²) < 4.78 is 14.7. The second kappa shape index (κ2) is 8.89. The average Bonchev–Trinajstić information content (AvgIpc) is 3.36. The van der Waals surface area contributed by atoms with Gasteiger partial charge in [-0.05, 0) is 43.5 Å². The smallest absolute Gasteiger partial charge is 0.303 e. The zero-order valence-electron chi connectivity index (χ0n) is 17.9. The number of rotatable bonds is 9. The number of nitrogens with zero attached hydrogens (tertiary/aromatic N) is 5. The molecule has 0 saturated heterocycles. The summed E-state index contributed by atoms with van der Waals surface area (Å²) in [5.41, 5.74) is 1.87. The van der Waals surface area contributed by atoms with Gasteiger partial charge in [0.25, 0.3) is 5.91 Å². The lowest BCUT2D eigenvalue weighted by Gasteiger charge is -2.18. The highest BCUT2D eigenvalue weighted by molar-refractivity contribution is 5.94. The molecule has 1 saturated carbocycles. The van der Waals surface area contributed by atoms with Gasteiger partial charge in [-0.2, -0.15) is 14.6 Å². The Labute approximate surface area is 192 Å². The van der Waals surface area contributed by atoms with Crippen molar-refractivity contribution in [1.82, 2.24) is 35.1 Å². The zero-order valence-corrected chi connectivity index (χ0v) is 17.9. The Morgan fingerprint density at radius 1 is 1.29 bits per heavy atom. The van der Waals surface area contributed by atoms with Crippen molar-refractivity contribution in [3.8, 4) is 0 Å². The Morgan fingerprint density at radius 3 is 2.88 bits per heavy atom. The topological polar surface area (TPSA) is 150 Å². The van der Waals surface area contributed by atoms with Crippen molar-refractivity contribution in [3.63, 3.8) is 0 Å². The molecule has 12 heteroatoms. The molecule has 174 valence electrons. The molecule has 4 aromatic heterocycles. The molecule has 0 unspecified atom stereocenters. The van der Waals surface area contributed by atoms with Crippen molar-refractivity contribution in [2.75, 3.05) is 5.32 Å². The fourth-order valence-corrected chi connectivity index (χ4v) is 3.60. The van der Waals surface area contributed by atoms with Crippen LogP contribution in [0.4, 0.5) is 16.0 Å². The molecule has 0 aromatic carbocycles. The van der Waals surface area contributed by atoms with E-state index in [0.29, 0.717) is 23.1 Å². The van der Waals surface area contributed by atoms with Crippen LogP contribution in [0.5, 0.6) is 0 Å². The summed E-state index contributed by atoms with van der Waals surface area (Å²) in [6.07, 6.45) is 4.94. The number of H-pyrrole nitrogens is 1. The number of fused-ring (bicyclic) bond motifs is 1. The minimum Gasteiger partial charge on any atom is -0.481 e. The zero-order chi connectivity index (χ0) is 23.7. The number of hydrogen-bond acceptors (Lipinski definition) is 7. The van der Waals surface area contributed by atoms with E-state index in [1.165, 1.54) is 6.07 Å². The van der Waals surface area contributed by atoms with Crippen LogP contribution in [0.25, 0.3) is 5.52 Å². The molecular formula is C22H21FN8O3. The fourth-order valence-electron chi connectivity index (χ4n) is 3.60. The second-order valence-electron chi connectivity index (χ2n) is 8.09. The molecule has 5 rings (SSSR count). The molecule has 11 nitrogen and oxygen atoms in total. The van der Waals surface area contributed by atoms with Crippen molar-refractivity contribution in [3.05, 3.63) is 65.8 Å². The molecule has 4 aromatic rings. The van der Waals surface area contributed by atoms with Crippen LogP contribution in [0, 0.1) is 5.95 Å². The predicted molar refractivity (Wildman–Crippen MR) is 118 cm³/mol. The number of aliphatic carboxylic acids is 1. The number of halogens is 1. The third kappa shape index (κ3) is 4.70. The number of hydrogen-bond donors (Lipinski definition) is 4. The molecule has 4 heterocycles. The number of amides is 1. The highest BCUT2D eigenvalue weighted by atomic mass is 19.1. The van der Waals surface area contributed by atoms with E-state index >= 15 is 0 Å². The van der Waals surface area contributed by atoms with E-state index in [1.807, 2.05) is 12.1 Å². The van der Waals surface area contributed by atoms with Gasteiger partial charge >= 0.3 is 5.97 Å². The van der Waals surface area contributed by atoms with Gasteiger partial charge in [-0.15, -0.1) is 0 Å². The Hall–Kier alpha value is -4.35. The lowest BCUT2D eigenvalue weighted by atomic mass is 10.1. The Balaban J connectivity index is 1.45. The summed E-state index contributed by atoms with van der Waals surface area (Å²) in [6, 6.07) is 7.12. The van der Waals surface area contributed by atoms with Gasteiger partial charge in [-0.1, -0.05) is 0 Å². The van der Waals surface area contributed by atoms with Gasteiger partial charge in [-0.25, -0.2) is 14.5 Å². The van der Waals surface area contributed by atoms with E-state index in [1.54, 1.807) is 16.8 Å². The summed E-state index contributed by atoms with van der Waals surface area (Å²) in [6.45, 7) is 0. The number of aromatic amines is 1. The molecule has 1 aliphatic carbocycles. The van der Waals surface area contributed by atoms with Gasteiger partial charge < -0.3 is 15.7 Å². The highest BCUT2D eigenvalue weighted by Gasteiger charge is 2.26. The standard InChI is InChI=1S/C22H21FN8O3/c23-17-7-5-13(11-24-17)22(34)25-14(6-8-19(32)33)20-27-21(16-2-1-9-31(16)30-20)26-18-10-15(28-29-18)12-3-4-12/h1-2,5,7,9-12,14H,3-4,6,8H2,(H,25,34)(H,32,33)(H2,26,27,28,29,30)/t14-/m0/s1. The van der Waals surface area contributed by atoms with Crippen LogP contribution in [-0.2, 0) is 4.79 Å². The third-order valence-corrected chi connectivity index (χ3v) is 5.52. The van der Waals surface area contributed by atoms with Crippen molar-refractivity contribution in [2.45, 2.75) is 37.6 Å². The van der Waals surface area contributed by atoms with E-state index in [4.69, 9.17) is 0 Å². The number of carbonyl (C=O) groups is 2. The number of carboxylic acid groups (broad SMARTS) is 1. The largest absolute Gasteiger partial charge is 0.481 e. The number of aromatic nitrogens is 6. The molecule has 1 aliphatic rings. The van der Waals surface area contributed by atoms with E-state index in [9.17, 15) is 19.1 Å². The lowest BCUT2D eigenvalue weighted by molar-refractivity contribution is -0.137. The first-order valence-corrected chi connectivity index (χ1v) is 10.8. The minimum absolute atomic E-state index is 0.0517. The first-order valence-electron chi connectivity index (χ1n) is 10.8. The molecule has 0 radical (unpaired) electrons. The molecule has 1 amide bonds. The molecule has 4 N–H and O–H groups in total. The number of anilines is 2. The predicted octanol–water partition coefficient (Wildman–Crippen LogP) is 2.94. The van der Waals surface area contributed by atoms with Crippen LogP contribution >= 0.6 is 0 Å². The van der Waals surface area contributed by atoms with Crippen LogP contribution in [0.2, 0.25) is 0 Å². The van der Waals surface area contributed by atoms with Crippen LogP contribution in [0.3, 0.4) is 0 Å². The Kier molecular flexibility index (Phi) is 5.62.